The summed E-state index contributed by atoms with van der Waals surface area (Å²) < 4.78 is 73.6. The molecule has 2 N–H and O–H groups in total. The standard InChI is InChI=1S/C34H42F4N4O3S/c1-41(2)24-11-9-23(10-12-24)40-28-7-4-6-25-26(22-34(36,37)38)32(46-33(25)28)8-5-13-39-29-20-27(35)30(42-14-16-44-17-15-42)21-31(29)45-19-18-43-3/h4,6-7,20-21,23-24,39-40H,9-19,22H2,1-3H3. The number of alkyl halides is 3. The largest absolute Gasteiger partial charge is 0.489 e. The van der Waals surface area contributed by atoms with Gasteiger partial charge in [0.1, 0.15) is 18.2 Å². The first-order valence-corrected chi connectivity index (χ1v) is 16.5. The minimum atomic E-state index is -4.38. The Bertz CT molecular complexity index is 1520. The van der Waals surface area contributed by atoms with Gasteiger partial charge in [-0.15, -0.1) is 11.3 Å². The summed E-state index contributed by atoms with van der Waals surface area (Å²) in [4.78, 5) is 4.55. The quantitative estimate of drug-likeness (QED) is 0.134. The molecule has 46 heavy (non-hydrogen) atoms. The van der Waals surface area contributed by atoms with Crippen molar-refractivity contribution >= 4 is 38.5 Å². The maximum absolute atomic E-state index is 15.2. The molecule has 0 atom stereocenters. The molecule has 3 aromatic rings. The van der Waals surface area contributed by atoms with Crippen LogP contribution in [0.4, 0.5) is 34.6 Å². The second-order valence-electron chi connectivity index (χ2n) is 11.9. The molecule has 2 heterocycles. The highest BCUT2D eigenvalue weighted by atomic mass is 32.1. The van der Waals surface area contributed by atoms with E-state index in [1.54, 1.807) is 19.2 Å². The first-order chi connectivity index (χ1) is 22.1. The van der Waals surface area contributed by atoms with Crippen LogP contribution in [0.15, 0.2) is 30.3 Å². The fraction of sp³-hybridized carbons (Fsp3) is 0.529. The monoisotopic (exact) mass is 662 g/mol. The number of hydrogen-bond donors (Lipinski definition) is 2. The Kier molecular flexibility index (Phi) is 11.5. The Labute approximate surface area is 272 Å². The molecule has 7 nitrogen and oxygen atoms in total. The number of rotatable bonds is 11. The normalized spacial score (nSPS) is 18.8. The zero-order chi connectivity index (χ0) is 32.7. The fourth-order valence-corrected chi connectivity index (χ4v) is 7.23. The highest BCUT2D eigenvalue weighted by Crippen LogP contribution is 2.40. The van der Waals surface area contributed by atoms with Crippen molar-refractivity contribution < 1.29 is 31.8 Å². The number of thiophene rings is 1. The van der Waals surface area contributed by atoms with Crippen LogP contribution >= 0.6 is 11.3 Å². The molecule has 1 aliphatic carbocycles. The zero-order valence-corrected chi connectivity index (χ0v) is 27.4. The first kappa shape index (κ1) is 34.1. The van der Waals surface area contributed by atoms with Crippen molar-refractivity contribution in [2.45, 2.75) is 50.4 Å². The molecule has 2 aromatic carbocycles. The van der Waals surface area contributed by atoms with Crippen LogP contribution in [-0.2, 0) is 15.9 Å². The molecule has 1 aliphatic heterocycles. The van der Waals surface area contributed by atoms with Crippen molar-refractivity contribution in [1.29, 1.82) is 0 Å². The summed E-state index contributed by atoms with van der Waals surface area (Å²) in [5.41, 5.74) is 1.86. The van der Waals surface area contributed by atoms with Gasteiger partial charge in [0.25, 0.3) is 0 Å². The Morgan fingerprint density at radius 1 is 1.07 bits per heavy atom. The van der Waals surface area contributed by atoms with Crippen molar-refractivity contribution in [3.05, 3.63) is 46.6 Å². The SMILES string of the molecule is COCCOc1cc(N2CCOCC2)c(F)cc1NCC#Cc1sc2c(NC3CCC(N(C)C)CC3)cccc2c1CC(F)(F)F. The van der Waals surface area contributed by atoms with E-state index < -0.39 is 18.4 Å². The van der Waals surface area contributed by atoms with Gasteiger partial charge in [-0.25, -0.2) is 4.39 Å². The lowest BCUT2D eigenvalue weighted by Gasteiger charge is -2.33. The molecule has 1 aromatic heterocycles. The molecule has 0 radical (unpaired) electrons. The summed E-state index contributed by atoms with van der Waals surface area (Å²) in [7, 11) is 5.77. The maximum atomic E-state index is 15.2. The number of fused-ring (bicyclic) bond motifs is 1. The van der Waals surface area contributed by atoms with Crippen LogP contribution in [-0.4, -0.2) is 90.4 Å². The molecule has 0 amide bonds. The third kappa shape index (κ3) is 8.76. The van der Waals surface area contributed by atoms with Gasteiger partial charge in [0, 0.05) is 44.4 Å². The van der Waals surface area contributed by atoms with E-state index in [2.05, 4.69) is 41.5 Å². The highest BCUT2D eigenvalue weighted by Gasteiger charge is 2.31. The number of hydrogen-bond acceptors (Lipinski definition) is 8. The van der Waals surface area contributed by atoms with Crippen LogP contribution in [0.2, 0.25) is 0 Å². The van der Waals surface area contributed by atoms with Crippen LogP contribution in [0.25, 0.3) is 10.1 Å². The molecular weight excluding hydrogens is 620 g/mol. The minimum Gasteiger partial charge on any atom is -0.489 e. The number of halogens is 4. The van der Waals surface area contributed by atoms with Gasteiger partial charge in [-0.2, -0.15) is 13.2 Å². The second kappa shape index (κ2) is 15.6. The number of morpholine rings is 1. The van der Waals surface area contributed by atoms with Crippen molar-refractivity contribution in [3.63, 3.8) is 0 Å². The third-order valence-corrected chi connectivity index (χ3v) is 9.69. The lowest BCUT2D eigenvalue weighted by molar-refractivity contribution is -0.126. The number of anilines is 3. The topological polar surface area (TPSA) is 58.2 Å². The molecule has 1 saturated carbocycles. The van der Waals surface area contributed by atoms with E-state index in [0.717, 1.165) is 36.1 Å². The van der Waals surface area contributed by atoms with Crippen LogP contribution in [0.3, 0.4) is 0 Å². The van der Waals surface area contributed by atoms with Crippen molar-refractivity contribution in [1.82, 2.24) is 4.90 Å². The first-order valence-electron chi connectivity index (χ1n) is 15.7. The molecule has 2 fully saturated rings. The molecule has 5 rings (SSSR count). The number of nitrogens with zero attached hydrogens (tertiary/aromatic N) is 2. The number of ether oxygens (including phenoxy) is 3. The third-order valence-electron chi connectivity index (χ3n) is 8.50. The van der Waals surface area contributed by atoms with E-state index in [4.69, 9.17) is 14.2 Å². The van der Waals surface area contributed by atoms with Gasteiger partial charge in [0.2, 0.25) is 0 Å². The van der Waals surface area contributed by atoms with Gasteiger partial charge in [0.05, 0.1) is 59.4 Å². The average molecular weight is 663 g/mol. The van der Waals surface area contributed by atoms with Gasteiger partial charge in [-0.05, 0) is 56.8 Å². The van der Waals surface area contributed by atoms with Gasteiger partial charge < -0.3 is 34.6 Å². The molecule has 1 saturated heterocycles. The van der Waals surface area contributed by atoms with Crippen molar-refractivity contribution in [2.24, 2.45) is 0 Å². The number of nitrogens with one attached hydrogen (secondary N) is 2. The van der Waals surface area contributed by atoms with E-state index in [0.29, 0.717) is 66.3 Å². The summed E-state index contributed by atoms with van der Waals surface area (Å²) in [6.45, 7) is 2.86. The average Bonchev–Trinajstić information content (AvgIpc) is 3.37. The van der Waals surface area contributed by atoms with Crippen molar-refractivity contribution in [3.8, 4) is 17.6 Å². The summed E-state index contributed by atoms with van der Waals surface area (Å²) in [5.74, 6) is 5.99. The molecule has 250 valence electrons. The van der Waals surface area contributed by atoms with Crippen molar-refractivity contribution in [2.75, 3.05) is 82.8 Å². The van der Waals surface area contributed by atoms with Crippen LogP contribution in [0.1, 0.15) is 36.1 Å². The van der Waals surface area contributed by atoms with Crippen LogP contribution < -0.4 is 20.3 Å². The molecule has 0 bridgehead atoms. The molecule has 2 aliphatic rings. The summed E-state index contributed by atoms with van der Waals surface area (Å²) in [6.07, 6.45) is -1.29. The Morgan fingerprint density at radius 3 is 2.52 bits per heavy atom. The Morgan fingerprint density at radius 2 is 1.83 bits per heavy atom. The van der Waals surface area contributed by atoms with Gasteiger partial charge in [0.15, 0.2) is 0 Å². The van der Waals surface area contributed by atoms with E-state index in [1.165, 1.54) is 17.4 Å². The second-order valence-corrected chi connectivity index (χ2v) is 12.9. The zero-order valence-electron chi connectivity index (χ0n) is 26.6. The lowest BCUT2D eigenvalue weighted by Crippen LogP contribution is -2.36. The Hall–Kier alpha value is -3.24. The lowest BCUT2D eigenvalue weighted by atomic mass is 9.90. The summed E-state index contributed by atoms with van der Waals surface area (Å²) in [6, 6.07) is 9.33. The molecule has 0 spiro atoms. The highest BCUT2D eigenvalue weighted by molar-refractivity contribution is 7.20. The minimum absolute atomic E-state index is 0.0803. The fourth-order valence-electron chi connectivity index (χ4n) is 6.06. The molecule has 0 unspecified atom stereocenters. The van der Waals surface area contributed by atoms with Gasteiger partial charge in [-0.1, -0.05) is 24.0 Å². The van der Waals surface area contributed by atoms with Gasteiger partial charge >= 0.3 is 6.18 Å². The Balaban J connectivity index is 1.36. The van der Waals surface area contributed by atoms with Gasteiger partial charge in [-0.3, -0.25) is 0 Å². The van der Waals surface area contributed by atoms with E-state index in [1.807, 2.05) is 17.0 Å². The van der Waals surface area contributed by atoms with E-state index >= 15 is 4.39 Å². The predicted molar refractivity (Wildman–Crippen MR) is 177 cm³/mol. The van der Waals surface area contributed by atoms with E-state index in [9.17, 15) is 13.2 Å². The van der Waals surface area contributed by atoms with E-state index in [-0.39, 0.29) is 24.8 Å². The maximum Gasteiger partial charge on any atom is 0.393 e. The smallest absolute Gasteiger partial charge is 0.393 e. The molecule has 12 heteroatoms. The molecular formula is C34H42F4N4O3S. The predicted octanol–water partition coefficient (Wildman–Crippen LogP) is 6.76. The summed E-state index contributed by atoms with van der Waals surface area (Å²) >= 11 is 1.28. The van der Waals surface area contributed by atoms with Crippen LogP contribution in [0.5, 0.6) is 5.75 Å². The number of methoxy groups -OCH3 is 1. The number of benzene rings is 2. The van der Waals surface area contributed by atoms with Crippen LogP contribution in [0, 0.1) is 17.7 Å². The summed E-state index contributed by atoms with van der Waals surface area (Å²) in [5, 5.41) is 7.29.